The number of nitrogens with zero attached hydrogens (tertiary/aromatic N) is 4. The van der Waals surface area contributed by atoms with Crippen molar-refractivity contribution in [3.63, 3.8) is 0 Å². The number of quaternary nitrogens is 1. The van der Waals surface area contributed by atoms with Gasteiger partial charge in [-0.1, -0.05) is 25.8 Å². The molecule has 0 aromatic carbocycles. The molecule has 144 valence electrons. The molecule has 0 aliphatic carbocycles. The highest BCUT2D eigenvalue weighted by atomic mass is 32.2. The van der Waals surface area contributed by atoms with Crippen molar-refractivity contribution in [1.29, 1.82) is 0 Å². The molecule has 3 rings (SSSR count). The standard InChI is InChI=1S/C16H25N5O2S3/c1-2-3-4-7-19-13-17-21(16(19)24)14-18-8-10-20(11-9-18)26(22,23)15-6-5-12-25-15/h5-6,12-13H,2-4,7-11,14H2,1H3/p+1. The first-order valence-corrected chi connectivity index (χ1v) is 11.7. The smallest absolute Gasteiger partial charge is 0.252 e. The molecule has 0 amide bonds. The minimum atomic E-state index is -3.34. The molecule has 0 radical (unpaired) electrons. The van der Waals surface area contributed by atoms with Gasteiger partial charge in [-0.3, -0.25) is 0 Å². The number of sulfonamides is 1. The lowest BCUT2D eigenvalue weighted by molar-refractivity contribution is -0.926. The van der Waals surface area contributed by atoms with Crippen molar-refractivity contribution in [2.75, 3.05) is 26.2 Å². The van der Waals surface area contributed by atoms with E-state index in [9.17, 15) is 8.42 Å². The van der Waals surface area contributed by atoms with Gasteiger partial charge in [0.2, 0.25) is 4.77 Å². The van der Waals surface area contributed by atoms with Crippen molar-refractivity contribution in [2.45, 2.75) is 43.6 Å². The van der Waals surface area contributed by atoms with Crippen molar-refractivity contribution >= 4 is 33.6 Å². The van der Waals surface area contributed by atoms with Gasteiger partial charge in [-0.05, 0) is 30.1 Å². The van der Waals surface area contributed by atoms with Gasteiger partial charge in [0.1, 0.15) is 10.5 Å². The van der Waals surface area contributed by atoms with Crippen molar-refractivity contribution in [3.05, 3.63) is 28.6 Å². The first kappa shape index (κ1) is 19.7. The van der Waals surface area contributed by atoms with Gasteiger partial charge in [0.25, 0.3) is 10.0 Å². The number of piperazine rings is 1. The van der Waals surface area contributed by atoms with Crippen molar-refractivity contribution in [1.82, 2.24) is 18.7 Å². The van der Waals surface area contributed by atoms with E-state index < -0.39 is 10.0 Å². The van der Waals surface area contributed by atoms with Crippen LogP contribution in [-0.4, -0.2) is 53.2 Å². The minimum Gasteiger partial charge on any atom is -0.314 e. The molecule has 0 bridgehead atoms. The zero-order valence-corrected chi connectivity index (χ0v) is 17.5. The second kappa shape index (κ2) is 8.75. The molecule has 1 saturated heterocycles. The topological polar surface area (TPSA) is 64.6 Å². The predicted molar refractivity (Wildman–Crippen MR) is 104 cm³/mol. The number of unbranched alkanes of at least 4 members (excludes halogenated alkanes) is 2. The Morgan fingerprint density at radius 1 is 1.31 bits per heavy atom. The van der Waals surface area contributed by atoms with E-state index >= 15 is 0 Å². The van der Waals surface area contributed by atoms with Crippen LogP contribution in [0.4, 0.5) is 0 Å². The van der Waals surface area contributed by atoms with E-state index in [0.717, 1.165) is 30.8 Å². The average molecular weight is 417 g/mol. The molecule has 26 heavy (non-hydrogen) atoms. The molecule has 2 aromatic heterocycles. The molecule has 0 unspecified atom stereocenters. The van der Waals surface area contributed by atoms with Gasteiger partial charge >= 0.3 is 0 Å². The minimum absolute atomic E-state index is 0.425. The van der Waals surface area contributed by atoms with E-state index in [4.69, 9.17) is 12.2 Å². The van der Waals surface area contributed by atoms with Crippen LogP contribution in [0.25, 0.3) is 0 Å². The van der Waals surface area contributed by atoms with Crippen LogP contribution in [0.5, 0.6) is 0 Å². The zero-order valence-electron chi connectivity index (χ0n) is 15.0. The molecular weight excluding hydrogens is 390 g/mol. The largest absolute Gasteiger partial charge is 0.314 e. The number of hydrogen-bond acceptors (Lipinski definition) is 5. The molecule has 0 saturated carbocycles. The SMILES string of the molecule is CCCCCn1cnn(C[NH+]2CCN(S(=O)(=O)c3cccs3)CC2)c1=S. The maximum Gasteiger partial charge on any atom is 0.252 e. The molecule has 0 atom stereocenters. The lowest BCUT2D eigenvalue weighted by atomic mass is 10.2. The van der Waals surface area contributed by atoms with Crippen LogP contribution < -0.4 is 4.90 Å². The molecule has 1 aliphatic heterocycles. The first-order valence-electron chi connectivity index (χ1n) is 9.02. The molecule has 1 aliphatic rings. The summed E-state index contributed by atoms with van der Waals surface area (Å²) in [4.78, 5) is 1.30. The summed E-state index contributed by atoms with van der Waals surface area (Å²) in [5.74, 6) is 0. The second-order valence-corrected chi connectivity index (χ2v) is 10.0. The van der Waals surface area contributed by atoms with Crippen LogP contribution in [0.15, 0.2) is 28.0 Å². The quantitative estimate of drug-likeness (QED) is 0.519. The number of hydrogen-bond donors (Lipinski definition) is 1. The van der Waals surface area contributed by atoms with E-state index in [1.807, 2.05) is 15.6 Å². The summed E-state index contributed by atoms with van der Waals surface area (Å²) >= 11 is 6.80. The third-order valence-corrected chi connectivity index (χ3v) is 8.41. The zero-order chi connectivity index (χ0) is 18.6. The number of rotatable bonds is 8. The molecule has 10 heteroatoms. The maximum atomic E-state index is 12.6. The van der Waals surface area contributed by atoms with E-state index in [2.05, 4.69) is 12.0 Å². The number of thiophene rings is 1. The number of aromatic nitrogens is 3. The van der Waals surface area contributed by atoms with Crippen LogP contribution in [0, 0.1) is 4.77 Å². The van der Waals surface area contributed by atoms with Crippen LogP contribution in [-0.2, 0) is 23.2 Å². The van der Waals surface area contributed by atoms with Gasteiger partial charge in [-0.15, -0.1) is 11.3 Å². The van der Waals surface area contributed by atoms with E-state index in [-0.39, 0.29) is 0 Å². The van der Waals surface area contributed by atoms with Crippen molar-refractivity contribution < 1.29 is 13.3 Å². The third kappa shape index (κ3) is 4.42. The Labute approximate surface area is 163 Å². The summed E-state index contributed by atoms with van der Waals surface area (Å²) in [7, 11) is -3.34. The normalized spacial score (nSPS) is 17.0. The highest BCUT2D eigenvalue weighted by Gasteiger charge is 2.31. The van der Waals surface area contributed by atoms with Gasteiger partial charge in [-0.2, -0.15) is 14.1 Å². The summed E-state index contributed by atoms with van der Waals surface area (Å²) < 4.78 is 31.8. The Kier molecular flexibility index (Phi) is 6.62. The average Bonchev–Trinajstić information content (AvgIpc) is 3.28. The highest BCUT2D eigenvalue weighted by Crippen LogP contribution is 2.20. The fourth-order valence-electron chi connectivity index (χ4n) is 3.12. The maximum absolute atomic E-state index is 12.6. The molecule has 7 nitrogen and oxygen atoms in total. The third-order valence-electron chi connectivity index (χ3n) is 4.69. The molecule has 2 aromatic rings. The number of aryl methyl sites for hydroxylation is 1. The molecule has 1 fully saturated rings. The molecule has 1 N–H and O–H groups in total. The highest BCUT2D eigenvalue weighted by molar-refractivity contribution is 7.91. The van der Waals surface area contributed by atoms with Gasteiger partial charge in [0, 0.05) is 6.54 Å². The summed E-state index contributed by atoms with van der Waals surface area (Å²) in [6, 6.07) is 3.45. The van der Waals surface area contributed by atoms with Crippen molar-refractivity contribution in [3.8, 4) is 0 Å². The summed E-state index contributed by atoms with van der Waals surface area (Å²) in [6.07, 6.45) is 5.31. The van der Waals surface area contributed by atoms with Crippen molar-refractivity contribution in [2.24, 2.45) is 0 Å². The number of nitrogens with one attached hydrogen (secondary N) is 1. The van der Waals surface area contributed by atoms with Gasteiger partial charge in [0.05, 0.1) is 26.2 Å². The summed E-state index contributed by atoms with van der Waals surface area (Å²) in [5.41, 5.74) is 0. The molecular formula is C16H26N5O2S3+. The molecule has 0 spiro atoms. The summed E-state index contributed by atoms with van der Waals surface area (Å²) in [5, 5.41) is 6.22. The fraction of sp³-hybridized carbons (Fsp3) is 0.625. The van der Waals surface area contributed by atoms with Crippen LogP contribution in [0.2, 0.25) is 0 Å². The van der Waals surface area contributed by atoms with E-state index in [1.54, 1.807) is 21.8 Å². The lowest BCUT2D eigenvalue weighted by Gasteiger charge is -2.30. The van der Waals surface area contributed by atoms with Gasteiger partial charge < -0.3 is 9.47 Å². The molecule has 3 heterocycles. The Balaban J connectivity index is 1.55. The fourth-order valence-corrected chi connectivity index (χ4v) is 5.95. The van der Waals surface area contributed by atoms with Crippen LogP contribution >= 0.6 is 23.6 Å². The van der Waals surface area contributed by atoms with E-state index in [1.165, 1.54) is 29.1 Å². The monoisotopic (exact) mass is 416 g/mol. The van der Waals surface area contributed by atoms with Gasteiger partial charge in [0.15, 0.2) is 6.67 Å². The van der Waals surface area contributed by atoms with Crippen LogP contribution in [0.1, 0.15) is 26.2 Å². The van der Waals surface area contributed by atoms with Crippen LogP contribution in [0.3, 0.4) is 0 Å². The summed E-state index contributed by atoms with van der Waals surface area (Å²) in [6.45, 7) is 6.36. The van der Waals surface area contributed by atoms with Gasteiger partial charge in [-0.25, -0.2) is 8.42 Å². The Morgan fingerprint density at radius 3 is 2.73 bits per heavy atom. The lowest BCUT2D eigenvalue weighted by Crippen LogP contribution is -3.14. The predicted octanol–water partition coefficient (Wildman–Crippen LogP) is 1.21. The second-order valence-electron chi connectivity index (χ2n) is 6.56. The first-order chi connectivity index (χ1) is 12.5. The van der Waals surface area contributed by atoms with E-state index in [0.29, 0.717) is 24.0 Å². The Morgan fingerprint density at radius 2 is 2.08 bits per heavy atom. The Hall–Kier alpha value is -1.07. The Bertz CT molecular complexity index is 849.